The lowest BCUT2D eigenvalue weighted by Gasteiger charge is -2.28. The zero-order chi connectivity index (χ0) is 10.6. The van der Waals surface area contributed by atoms with Crippen LogP contribution in [0, 0.1) is 0 Å². The van der Waals surface area contributed by atoms with Gasteiger partial charge in [0, 0.05) is 12.6 Å². The smallest absolute Gasteiger partial charge is 0.313 e. The average Bonchev–Trinajstić information content (AvgIpc) is 2.02. The Morgan fingerprint density at radius 3 is 2.57 bits per heavy atom. The zero-order valence-corrected chi connectivity index (χ0v) is 8.40. The summed E-state index contributed by atoms with van der Waals surface area (Å²) < 4.78 is 36.0. The predicted octanol–water partition coefficient (Wildman–Crippen LogP) is 1.62. The van der Waals surface area contributed by atoms with Crippen molar-refractivity contribution in [1.29, 1.82) is 0 Å². The summed E-state index contributed by atoms with van der Waals surface area (Å²) in [4.78, 5) is 1.34. The molecule has 1 aliphatic heterocycles. The molecule has 1 fully saturated rings. The van der Waals surface area contributed by atoms with Gasteiger partial charge >= 0.3 is 6.18 Å². The Kier molecular flexibility index (Phi) is 4.19. The minimum Gasteiger partial charge on any atom is -0.313 e. The lowest BCUT2D eigenvalue weighted by molar-refractivity contribution is -0.143. The highest BCUT2D eigenvalue weighted by atomic mass is 19.4. The van der Waals surface area contributed by atoms with E-state index < -0.39 is 12.7 Å². The molecule has 0 aliphatic carbocycles. The largest absolute Gasteiger partial charge is 0.401 e. The molecular formula is C9H17F3N2. The molecule has 0 aromatic heterocycles. The Morgan fingerprint density at radius 2 is 2.07 bits per heavy atom. The standard InChI is InChI=1S/C9H17F3N2/c1-14(7-9(10,11)12)6-8-4-2-3-5-13-8/h8,13H,2-7H2,1H3. The summed E-state index contributed by atoms with van der Waals surface area (Å²) in [6.45, 7) is 0.606. The maximum Gasteiger partial charge on any atom is 0.401 e. The first-order chi connectivity index (χ1) is 6.47. The van der Waals surface area contributed by atoms with Crippen LogP contribution in [0.15, 0.2) is 0 Å². The number of halogens is 3. The van der Waals surface area contributed by atoms with E-state index in [1.54, 1.807) is 0 Å². The molecule has 1 aliphatic rings. The fraction of sp³-hybridized carbons (Fsp3) is 1.00. The fourth-order valence-corrected chi connectivity index (χ4v) is 1.83. The molecule has 0 spiro atoms. The molecule has 1 unspecified atom stereocenters. The van der Waals surface area contributed by atoms with Gasteiger partial charge in [-0.1, -0.05) is 6.42 Å². The molecule has 0 aromatic rings. The van der Waals surface area contributed by atoms with Crippen molar-refractivity contribution in [3.05, 3.63) is 0 Å². The number of hydrogen-bond acceptors (Lipinski definition) is 2. The number of alkyl halides is 3. The SMILES string of the molecule is CN(CC1CCCCN1)CC(F)(F)F. The van der Waals surface area contributed by atoms with E-state index in [-0.39, 0.29) is 6.04 Å². The van der Waals surface area contributed by atoms with Crippen LogP contribution in [0.1, 0.15) is 19.3 Å². The van der Waals surface area contributed by atoms with Crippen LogP contribution in [-0.2, 0) is 0 Å². The van der Waals surface area contributed by atoms with Gasteiger partial charge in [0.1, 0.15) is 0 Å². The molecule has 1 rings (SSSR count). The van der Waals surface area contributed by atoms with Crippen molar-refractivity contribution in [2.75, 3.05) is 26.7 Å². The lowest BCUT2D eigenvalue weighted by Crippen LogP contribution is -2.44. The Bertz CT molecular complexity index is 164. The van der Waals surface area contributed by atoms with Gasteiger partial charge < -0.3 is 5.32 Å². The first-order valence-electron chi connectivity index (χ1n) is 4.96. The number of rotatable bonds is 3. The van der Waals surface area contributed by atoms with Crippen LogP contribution in [0.25, 0.3) is 0 Å². The van der Waals surface area contributed by atoms with Crippen LogP contribution in [0.4, 0.5) is 13.2 Å². The number of likely N-dealkylation sites (N-methyl/N-ethyl adjacent to an activating group) is 1. The van der Waals surface area contributed by atoms with Crippen molar-refractivity contribution in [2.45, 2.75) is 31.5 Å². The average molecular weight is 210 g/mol. The Morgan fingerprint density at radius 1 is 1.36 bits per heavy atom. The molecule has 0 bridgehead atoms. The molecule has 0 radical (unpaired) electrons. The molecule has 0 amide bonds. The minimum atomic E-state index is -4.08. The van der Waals surface area contributed by atoms with Gasteiger partial charge in [-0.05, 0) is 26.4 Å². The van der Waals surface area contributed by atoms with Crippen molar-refractivity contribution in [3.8, 4) is 0 Å². The van der Waals surface area contributed by atoms with Gasteiger partial charge in [0.2, 0.25) is 0 Å². The number of nitrogens with one attached hydrogen (secondary N) is 1. The third-order valence-electron chi connectivity index (χ3n) is 2.39. The molecule has 5 heteroatoms. The molecule has 1 N–H and O–H groups in total. The van der Waals surface area contributed by atoms with Gasteiger partial charge in [-0.2, -0.15) is 13.2 Å². The highest BCUT2D eigenvalue weighted by Crippen LogP contribution is 2.16. The maximum atomic E-state index is 12.0. The molecule has 84 valence electrons. The first-order valence-corrected chi connectivity index (χ1v) is 4.96. The molecule has 1 atom stereocenters. The van der Waals surface area contributed by atoms with E-state index in [1.807, 2.05) is 0 Å². The Balaban J connectivity index is 2.21. The lowest BCUT2D eigenvalue weighted by atomic mass is 10.0. The van der Waals surface area contributed by atoms with Crippen LogP contribution in [-0.4, -0.2) is 43.8 Å². The van der Waals surface area contributed by atoms with E-state index in [1.165, 1.54) is 11.9 Å². The van der Waals surface area contributed by atoms with Crippen molar-refractivity contribution in [1.82, 2.24) is 10.2 Å². The quantitative estimate of drug-likeness (QED) is 0.761. The van der Waals surface area contributed by atoms with Crippen molar-refractivity contribution in [2.24, 2.45) is 0 Å². The van der Waals surface area contributed by atoms with E-state index in [0.717, 1.165) is 25.8 Å². The summed E-state index contributed by atoms with van der Waals surface area (Å²) in [5.74, 6) is 0. The summed E-state index contributed by atoms with van der Waals surface area (Å²) in [6, 6.07) is 0.232. The summed E-state index contributed by atoms with van der Waals surface area (Å²) in [5.41, 5.74) is 0. The second-order valence-electron chi connectivity index (χ2n) is 3.96. The van der Waals surface area contributed by atoms with Gasteiger partial charge in [0.05, 0.1) is 6.54 Å². The predicted molar refractivity (Wildman–Crippen MR) is 49.2 cm³/mol. The topological polar surface area (TPSA) is 15.3 Å². The third-order valence-corrected chi connectivity index (χ3v) is 2.39. The Labute approximate surface area is 82.5 Å². The van der Waals surface area contributed by atoms with E-state index in [9.17, 15) is 13.2 Å². The molecular weight excluding hydrogens is 193 g/mol. The number of hydrogen-bond donors (Lipinski definition) is 1. The van der Waals surface area contributed by atoms with Crippen molar-refractivity contribution < 1.29 is 13.2 Å². The van der Waals surface area contributed by atoms with Gasteiger partial charge in [-0.25, -0.2) is 0 Å². The van der Waals surface area contributed by atoms with Crippen molar-refractivity contribution in [3.63, 3.8) is 0 Å². The van der Waals surface area contributed by atoms with Crippen LogP contribution < -0.4 is 5.32 Å². The van der Waals surface area contributed by atoms with Crippen molar-refractivity contribution >= 4 is 0 Å². The van der Waals surface area contributed by atoms with Crippen LogP contribution in [0.3, 0.4) is 0 Å². The van der Waals surface area contributed by atoms with Crippen LogP contribution in [0.5, 0.6) is 0 Å². The molecule has 1 saturated heterocycles. The van der Waals surface area contributed by atoms with E-state index >= 15 is 0 Å². The molecule has 0 aromatic carbocycles. The molecule has 14 heavy (non-hydrogen) atoms. The number of piperidine rings is 1. The second kappa shape index (κ2) is 4.98. The summed E-state index contributed by atoms with van der Waals surface area (Å²) in [7, 11) is 1.52. The first kappa shape index (κ1) is 11.8. The highest BCUT2D eigenvalue weighted by Gasteiger charge is 2.30. The summed E-state index contributed by atoms with van der Waals surface area (Å²) >= 11 is 0. The zero-order valence-electron chi connectivity index (χ0n) is 8.40. The van der Waals surface area contributed by atoms with Crippen LogP contribution >= 0.6 is 0 Å². The van der Waals surface area contributed by atoms with E-state index in [2.05, 4.69) is 5.32 Å². The van der Waals surface area contributed by atoms with Gasteiger partial charge in [0.15, 0.2) is 0 Å². The van der Waals surface area contributed by atoms with Crippen LogP contribution in [0.2, 0.25) is 0 Å². The van der Waals surface area contributed by atoms with Gasteiger partial charge in [0.25, 0.3) is 0 Å². The maximum absolute atomic E-state index is 12.0. The normalized spacial score (nSPS) is 24.2. The third kappa shape index (κ3) is 4.81. The molecule has 1 heterocycles. The van der Waals surface area contributed by atoms with Gasteiger partial charge in [-0.3, -0.25) is 4.90 Å². The van der Waals surface area contributed by atoms with E-state index in [0.29, 0.717) is 6.54 Å². The fourth-order valence-electron chi connectivity index (χ4n) is 1.83. The monoisotopic (exact) mass is 210 g/mol. The summed E-state index contributed by atoms with van der Waals surface area (Å²) in [5, 5.41) is 3.23. The highest BCUT2D eigenvalue weighted by molar-refractivity contribution is 4.75. The minimum absolute atomic E-state index is 0.232. The van der Waals surface area contributed by atoms with E-state index in [4.69, 9.17) is 0 Å². The molecule has 2 nitrogen and oxygen atoms in total. The van der Waals surface area contributed by atoms with Gasteiger partial charge in [-0.15, -0.1) is 0 Å². The number of nitrogens with zero attached hydrogens (tertiary/aromatic N) is 1. The molecule has 0 saturated carbocycles. The second-order valence-corrected chi connectivity index (χ2v) is 3.96. The summed E-state index contributed by atoms with van der Waals surface area (Å²) in [6.07, 6.45) is -0.831. The Hall–Kier alpha value is -0.290.